The Kier molecular flexibility index (Phi) is 6.19. The summed E-state index contributed by atoms with van der Waals surface area (Å²) in [6.45, 7) is 9.96. The number of aryl methyl sites for hydroxylation is 3. The highest BCUT2D eigenvalue weighted by atomic mass is 32.1. The number of aromatic nitrogens is 1. The minimum absolute atomic E-state index is 0.0232. The summed E-state index contributed by atoms with van der Waals surface area (Å²) in [7, 11) is 0. The Morgan fingerprint density at radius 3 is 2.55 bits per heavy atom. The number of Topliss-reactive ketones (excluding diaryl/α,β-unsaturated/α-hetero) is 1. The number of aliphatic hydroxyl groups excluding tert-OH is 1. The minimum atomic E-state index is -0.659. The maximum absolute atomic E-state index is 13.4. The summed E-state index contributed by atoms with van der Waals surface area (Å²) in [6, 6.07) is 6.94. The van der Waals surface area contributed by atoms with Crippen LogP contribution in [0.25, 0.3) is 0 Å². The van der Waals surface area contributed by atoms with Crippen molar-refractivity contribution in [3.8, 4) is 0 Å². The van der Waals surface area contributed by atoms with Crippen LogP contribution in [0.4, 0.5) is 0 Å². The van der Waals surface area contributed by atoms with Crippen LogP contribution in [0.3, 0.4) is 0 Å². The monoisotopic (exact) mass is 414 g/mol. The molecule has 7 heteroatoms. The number of nitrogens with zero attached hydrogens (tertiary/aromatic N) is 2. The van der Waals surface area contributed by atoms with Crippen LogP contribution in [0, 0.1) is 20.8 Å². The van der Waals surface area contributed by atoms with Crippen LogP contribution in [0.2, 0.25) is 0 Å². The van der Waals surface area contributed by atoms with Gasteiger partial charge in [-0.3, -0.25) is 9.59 Å². The Morgan fingerprint density at radius 1 is 1.28 bits per heavy atom. The molecule has 0 bridgehead atoms. The zero-order valence-electron chi connectivity index (χ0n) is 17.4. The molecule has 0 saturated carbocycles. The first-order chi connectivity index (χ1) is 13.7. The molecule has 1 aromatic heterocycles. The molecule has 0 radical (unpaired) electrons. The first kappa shape index (κ1) is 21.2. The molecule has 1 amide bonds. The molecule has 1 atom stereocenters. The van der Waals surface area contributed by atoms with Gasteiger partial charge < -0.3 is 14.7 Å². The Bertz CT molecular complexity index is 977. The van der Waals surface area contributed by atoms with Crippen molar-refractivity contribution >= 4 is 23.0 Å². The van der Waals surface area contributed by atoms with Crippen molar-refractivity contribution in [1.29, 1.82) is 0 Å². The molecular weight excluding hydrogens is 388 g/mol. The third-order valence-electron chi connectivity index (χ3n) is 4.92. The Hall–Kier alpha value is -2.51. The number of ketones is 1. The third kappa shape index (κ3) is 4.11. The molecule has 2 aromatic rings. The Morgan fingerprint density at radius 2 is 1.97 bits per heavy atom. The first-order valence-electron chi connectivity index (χ1n) is 9.62. The van der Waals surface area contributed by atoms with E-state index in [0.29, 0.717) is 17.2 Å². The normalized spacial score (nSPS) is 17.0. The van der Waals surface area contributed by atoms with Gasteiger partial charge in [0.05, 0.1) is 39.9 Å². The highest BCUT2D eigenvalue weighted by Crippen LogP contribution is 2.40. The minimum Gasteiger partial charge on any atom is -0.503 e. The molecule has 1 unspecified atom stereocenters. The van der Waals surface area contributed by atoms with Crippen LogP contribution in [0.15, 0.2) is 35.6 Å². The van der Waals surface area contributed by atoms with Gasteiger partial charge in [0, 0.05) is 6.54 Å². The van der Waals surface area contributed by atoms with Gasteiger partial charge in [-0.15, -0.1) is 11.3 Å². The highest BCUT2D eigenvalue weighted by Gasteiger charge is 2.44. The van der Waals surface area contributed by atoms with Gasteiger partial charge in [-0.25, -0.2) is 4.98 Å². The van der Waals surface area contributed by atoms with E-state index in [1.54, 1.807) is 6.92 Å². The van der Waals surface area contributed by atoms with Gasteiger partial charge in [-0.05, 0) is 45.7 Å². The maximum Gasteiger partial charge on any atom is 0.290 e. The topological polar surface area (TPSA) is 79.7 Å². The molecule has 2 heterocycles. The summed E-state index contributed by atoms with van der Waals surface area (Å²) < 4.78 is 5.62. The molecule has 29 heavy (non-hydrogen) atoms. The summed E-state index contributed by atoms with van der Waals surface area (Å²) in [5.41, 5.74) is 2.48. The second-order valence-corrected chi connectivity index (χ2v) is 8.62. The molecule has 6 nitrogen and oxygen atoms in total. The van der Waals surface area contributed by atoms with Gasteiger partial charge >= 0.3 is 0 Å². The average molecular weight is 415 g/mol. The van der Waals surface area contributed by atoms with E-state index < -0.39 is 17.7 Å². The largest absolute Gasteiger partial charge is 0.503 e. The lowest BCUT2D eigenvalue weighted by molar-refractivity contribution is -0.130. The van der Waals surface area contributed by atoms with E-state index in [4.69, 9.17) is 4.74 Å². The number of hydrogen-bond donors (Lipinski definition) is 1. The Labute approximate surface area is 174 Å². The molecule has 0 fully saturated rings. The summed E-state index contributed by atoms with van der Waals surface area (Å²) in [6.07, 6.45) is 0.0232. The number of hydrogen-bond acceptors (Lipinski definition) is 6. The number of carbonyl (C=O) groups excluding carboxylic acids is 2. The van der Waals surface area contributed by atoms with E-state index in [0.717, 1.165) is 16.1 Å². The molecule has 154 valence electrons. The molecule has 1 aromatic carbocycles. The van der Waals surface area contributed by atoms with E-state index in [1.807, 2.05) is 52.0 Å². The van der Waals surface area contributed by atoms with Gasteiger partial charge in [0.25, 0.3) is 5.91 Å². The number of rotatable bonds is 7. The van der Waals surface area contributed by atoms with Gasteiger partial charge in [0.15, 0.2) is 5.76 Å². The van der Waals surface area contributed by atoms with Gasteiger partial charge in [-0.2, -0.15) is 0 Å². The van der Waals surface area contributed by atoms with Gasteiger partial charge in [0.1, 0.15) is 0 Å². The fourth-order valence-electron chi connectivity index (χ4n) is 3.58. The van der Waals surface area contributed by atoms with Crippen molar-refractivity contribution in [2.75, 3.05) is 13.2 Å². The lowest BCUT2D eigenvalue weighted by Crippen LogP contribution is -2.34. The van der Waals surface area contributed by atoms with E-state index in [1.165, 1.54) is 16.2 Å². The SMILES string of the molecule is Cc1nc(C)c(C(=O)C2=C(O)C(=O)N(CCOC(C)C)C2c2ccccc2C)s1. The number of benzene rings is 1. The van der Waals surface area contributed by atoms with Gasteiger partial charge in [0.2, 0.25) is 5.78 Å². The zero-order valence-corrected chi connectivity index (χ0v) is 18.2. The third-order valence-corrected chi connectivity index (χ3v) is 6.00. The predicted molar refractivity (Wildman–Crippen MR) is 112 cm³/mol. The summed E-state index contributed by atoms with van der Waals surface area (Å²) in [5.74, 6) is -1.38. The van der Waals surface area contributed by atoms with Crippen LogP contribution in [-0.4, -0.2) is 45.9 Å². The fourth-order valence-corrected chi connectivity index (χ4v) is 4.46. The number of aliphatic hydroxyl groups is 1. The number of amides is 1. The van der Waals surface area contributed by atoms with E-state index >= 15 is 0 Å². The van der Waals surface area contributed by atoms with Crippen LogP contribution < -0.4 is 0 Å². The second kappa shape index (κ2) is 8.47. The average Bonchev–Trinajstić information content (AvgIpc) is 3.12. The van der Waals surface area contributed by atoms with E-state index in [9.17, 15) is 14.7 Å². The van der Waals surface area contributed by atoms with E-state index in [2.05, 4.69) is 4.98 Å². The van der Waals surface area contributed by atoms with Crippen molar-refractivity contribution < 1.29 is 19.4 Å². The van der Waals surface area contributed by atoms with Crippen molar-refractivity contribution in [3.63, 3.8) is 0 Å². The van der Waals surface area contributed by atoms with E-state index in [-0.39, 0.29) is 24.0 Å². The van der Waals surface area contributed by atoms with Crippen molar-refractivity contribution in [3.05, 3.63) is 62.3 Å². The second-order valence-electron chi connectivity index (χ2n) is 7.42. The fraction of sp³-hybridized carbons (Fsp3) is 0.409. The number of thiazole rings is 1. The molecule has 0 saturated heterocycles. The summed E-state index contributed by atoms with van der Waals surface area (Å²) in [5, 5.41) is 11.5. The molecular formula is C22H26N2O4S. The molecule has 3 rings (SSSR count). The highest BCUT2D eigenvalue weighted by molar-refractivity contribution is 7.14. The smallest absolute Gasteiger partial charge is 0.290 e. The molecule has 1 aliphatic heterocycles. The molecule has 1 N–H and O–H groups in total. The van der Waals surface area contributed by atoms with Gasteiger partial charge in [-0.1, -0.05) is 24.3 Å². The lowest BCUT2D eigenvalue weighted by atomic mass is 9.92. The van der Waals surface area contributed by atoms with Crippen LogP contribution in [0.5, 0.6) is 0 Å². The van der Waals surface area contributed by atoms with Crippen molar-refractivity contribution in [2.45, 2.75) is 46.8 Å². The number of carbonyl (C=O) groups is 2. The quantitative estimate of drug-likeness (QED) is 0.691. The lowest BCUT2D eigenvalue weighted by Gasteiger charge is -2.28. The zero-order chi connectivity index (χ0) is 21.3. The summed E-state index contributed by atoms with van der Waals surface area (Å²) >= 11 is 1.28. The predicted octanol–water partition coefficient (Wildman–Crippen LogP) is 4.07. The Balaban J connectivity index is 2.06. The first-order valence-corrected chi connectivity index (χ1v) is 10.4. The van der Waals surface area contributed by atoms with Crippen LogP contribution in [0.1, 0.15) is 51.4 Å². The maximum atomic E-state index is 13.4. The summed E-state index contributed by atoms with van der Waals surface area (Å²) in [4.78, 5) is 32.6. The number of ether oxygens (including phenoxy) is 1. The molecule has 0 spiro atoms. The standard InChI is InChI=1S/C22H26N2O4S/c1-12(2)28-11-10-24-18(16-9-7-6-8-13(16)3)17(20(26)22(24)27)19(25)21-14(4)23-15(5)29-21/h6-9,12,18,26H,10-11H2,1-5H3. The van der Waals surface area contributed by atoms with Crippen molar-refractivity contribution in [2.24, 2.45) is 0 Å². The van der Waals surface area contributed by atoms with Crippen molar-refractivity contribution in [1.82, 2.24) is 9.88 Å². The molecule has 0 aliphatic carbocycles. The van der Waals surface area contributed by atoms with Crippen LogP contribution >= 0.6 is 11.3 Å². The molecule has 1 aliphatic rings. The van der Waals surface area contributed by atoms with Crippen LogP contribution in [-0.2, 0) is 9.53 Å².